The van der Waals surface area contributed by atoms with Gasteiger partial charge in [-0.3, -0.25) is 14.5 Å². The zero-order chi connectivity index (χ0) is 21.7. The van der Waals surface area contributed by atoms with Gasteiger partial charge in [0.15, 0.2) is 5.13 Å². The quantitative estimate of drug-likeness (QED) is 0.561. The Labute approximate surface area is 179 Å². The number of amides is 2. The topological polar surface area (TPSA) is 86.1 Å². The minimum atomic E-state index is -0.543. The lowest BCUT2D eigenvalue weighted by molar-refractivity contribution is -0.118. The fourth-order valence-electron chi connectivity index (χ4n) is 3.56. The van der Waals surface area contributed by atoms with Crippen molar-refractivity contribution >= 4 is 40.0 Å². The number of nitrogens with zero attached hydrogens (tertiary/aromatic N) is 3. The number of thiazole rings is 1. The number of nitrogens with one attached hydrogen (secondary N) is 1. The molecule has 0 aliphatic heterocycles. The van der Waals surface area contributed by atoms with Crippen molar-refractivity contribution in [1.82, 2.24) is 10.3 Å². The van der Waals surface area contributed by atoms with Crippen LogP contribution in [0.5, 0.6) is 0 Å². The Bertz CT molecular complexity index is 1010. The SMILES string of the molecule is CC(=O)N(c1nc(/C=C(\C#N)C(=O)NC2CCCCC2C)cs1)c1ccccc1F. The van der Waals surface area contributed by atoms with Crippen molar-refractivity contribution in [3.63, 3.8) is 0 Å². The molecule has 0 saturated heterocycles. The molecule has 8 heteroatoms. The van der Waals surface area contributed by atoms with E-state index in [9.17, 15) is 19.2 Å². The van der Waals surface area contributed by atoms with Crippen LogP contribution in [0.15, 0.2) is 35.2 Å². The Morgan fingerprint density at radius 3 is 2.73 bits per heavy atom. The number of nitriles is 1. The van der Waals surface area contributed by atoms with Gasteiger partial charge in [-0.2, -0.15) is 5.26 Å². The van der Waals surface area contributed by atoms with E-state index in [-0.39, 0.29) is 22.4 Å². The first-order chi connectivity index (χ1) is 14.4. The van der Waals surface area contributed by atoms with Gasteiger partial charge in [0.25, 0.3) is 5.91 Å². The van der Waals surface area contributed by atoms with Gasteiger partial charge in [0.05, 0.1) is 11.4 Å². The molecule has 1 saturated carbocycles. The molecular formula is C22H23FN4O2S. The molecule has 1 aliphatic rings. The number of hydrogen-bond acceptors (Lipinski definition) is 5. The minimum absolute atomic E-state index is 0.0510. The molecular weight excluding hydrogens is 403 g/mol. The van der Waals surface area contributed by atoms with Crippen LogP contribution >= 0.6 is 11.3 Å². The van der Waals surface area contributed by atoms with E-state index < -0.39 is 17.6 Å². The first-order valence-electron chi connectivity index (χ1n) is 9.84. The lowest BCUT2D eigenvalue weighted by Gasteiger charge is -2.29. The number of carbonyl (C=O) groups is 2. The van der Waals surface area contributed by atoms with Crippen LogP contribution < -0.4 is 10.2 Å². The van der Waals surface area contributed by atoms with Crippen molar-refractivity contribution in [2.45, 2.75) is 45.6 Å². The third-order valence-electron chi connectivity index (χ3n) is 5.19. The average molecular weight is 427 g/mol. The Kier molecular flexibility index (Phi) is 6.95. The number of halogens is 1. The van der Waals surface area contributed by atoms with E-state index in [1.54, 1.807) is 11.4 Å². The smallest absolute Gasteiger partial charge is 0.262 e. The molecule has 156 valence electrons. The highest BCUT2D eigenvalue weighted by Crippen LogP contribution is 2.31. The fraction of sp³-hybridized carbons (Fsp3) is 0.364. The van der Waals surface area contributed by atoms with Crippen LogP contribution in [0.4, 0.5) is 15.2 Å². The first-order valence-corrected chi connectivity index (χ1v) is 10.7. The maximum Gasteiger partial charge on any atom is 0.262 e. The maximum absolute atomic E-state index is 14.2. The Morgan fingerprint density at radius 1 is 1.33 bits per heavy atom. The van der Waals surface area contributed by atoms with E-state index in [1.165, 1.54) is 36.1 Å². The number of anilines is 2. The van der Waals surface area contributed by atoms with Crippen molar-refractivity contribution in [2.24, 2.45) is 5.92 Å². The zero-order valence-electron chi connectivity index (χ0n) is 16.9. The zero-order valence-corrected chi connectivity index (χ0v) is 17.7. The molecule has 0 spiro atoms. The van der Waals surface area contributed by atoms with Crippen LogP contribution in [-0.2, 0) is 9.59 Å². The third kappa shape index (κ3) is 4.92. The molecule has 0 bridgehead atoms. The van der Waals surface area contributed by atoms with Crippen molar-refractivity contribution in [3.05, 3.63) is 46.7 Å². The highest BCUT2D eigenvalue weighted by molar-refractivity contribution is 7.14. The van der Waals surface area contributed by atoms with E-state index >= 15 is 0 Å². The van der Waals surface area contributed by atoms with E-state index in [0.29, 0.717) is 11.6 Å². The lowest BCUT2D eigenvalue weighted by atomic mass is 9.86. The summed E-state index contributed by atoms with van der Waals surface area (Å²) in [5.74, 6) is -0.991. The van der Waals surface area contributed by atoms with Crippen molar-refractivity contribution in [1.29, 1.82) is 5.26 Å². The number of para-hydroxylation sites is 1. The van der Waals surface area contributed by atoms with E-state index in [2.05, 4.69) is 17.2 Å². The summed E-state index contributed by atoms with van der Waals surface area (Å²) in [4.78, 5) is 30.2. The summed E-state index contributed by atoms with van der Waals surface area (Å²) in [7, 11) is 0. The Hall–Kier alpha value is -3.05. The van der Waals surface area contributed by atoms with Crippen molar-refractivity contribution in [2.75, 3.05) is 4.90 Å². The summed E-state index contributed by atoms with van der Waals surface area (Å²) in [6.07, 6.45) is 5.58. The predicted octanol–water partition coefficient (Wildman–Crippen LogP) is 4.57. The highest BCUT2D eigenvalue weighted by atomic mass is 32.1. The fourth-order valence-corrected chi connectivity index (χ4v) is 4.40. The number of benzene rings is 1. The summed E-state index contributed by atoms with van der Waals surface area (Å²) < 4.78 is 14.2. The second-order valence-electron chi connectivity index (χ2n) is 7.37. The number of aromatic nitrogens is 1. The minimum Gasteiger partial charge on any atom is -0.348 e. The molecule has 1 heterocycles. The summed E-state index contributed by atoms with van der Waals surface area (Å²) in [5, 5.41) is 14.3. The summed E-state index contributed by atoms with van der Waals surface area (Å²) in [6.45, 7) is 3.43. The monoisotopic (exact) mass is 426 g/mol. The van der Waals surface area contributed by atoms with Gasteiger partial charge in [-0.05, 0) is 37.0 Å². The number of rotatable bonds is 5. The van der Waals surface area contributed by atoms with Gasteiger partial charge in [0, 0.05) is 18.3 Å². The summed E-state index contributed by atoms with van der Waals surface area (Å²) >= 11 is 1.13. The second kappa shape index (κ2) is 9.63. The first kappa shape index (κ1) is 21.7. The van der Waals surface area contributed by atoms with Gasteiger partial charge >= 0.3 is 0 Å². The molecule has 2 unspecified atom stereocenters. The van der Waals surface area contributed by atoms with Gasteiger partial charge in [0.2, 0.25) is 5.91 Å². The van der Waals surface area contributed by atoms with Gasteiger partial charge in [-0.25, -0.2) is 9.37 Å². The molecule has 6 nitrogen and oxygen atoms in total. The molecule has 2 atom stereocenters. The molecule has 2 aromatic rings. The lowest BCUT2D eigenvalue weighted by Crippen LogP contribution is -2.41. The molecule has 1 N–H and O–H groups in total. The molecule has 3 rings (SSSR count). The van der Waals surface area contributed by atoms with Crippen LogP contribution in [0.1, 0.15) is 45.2 Å². The standard InChI is InChI=1S/C22H23FN4O2S/c1-14-7-3-5-9-19(14)26-21(29)16(12-24)11-17-13-30-22(25-17)27(15(2)28)20-10-6-4-8-18(20)23/h4,6,8,10-11,13-14,19H,3,5,7,9H2,1-2H3,(H,26,29)/b16-11+. The molecule has 1 aromatic carbocycles. The molecule has 1 aliphatic carbocycles. The summed E-state index contributed by atoms with van der Waals surface area (Å²) in [5.41, 5.74) is 0.408. The average Bonchev–Trinajstić information content (AvgIpc) is 3.17. The van der Waals surface area contributed by atoms with Crippen molar-refractivity contribution in [3.8, 4) is 6.07 Å². The van der Waals surface area contributed by atoms with Crippen LogP contribution in [0.25, 0.3) is 6.08 Å². The van der Waals surface area contributed by atoms with E-state index in [4.69, 9.17) is 0 Å². The predicted molar refractivity (Wildman–Crippen MR) is 114 cm³/mol. The van der Waals surface area contributed by atoms with Gasteiger partial charge in [0.1, 0.15) is 17.5 Å². The van der Waals surface area contributed by atoms with E-state index in [0.717, 1.165) is 37.0 Å². The van der Waals surface area contributed by atoms with E-state index in [1.807, 2.05) is 6.07 Å². The molecule has 30 heavy (non-hydrogen) atoms. The molecule has 2 amide bonds. The second-order valence-corrected chi connectivity index (χ2v) is 8.21. The summed E-state index contributed by atoms with van der Waals surface area (Å²) in [6, 6.07) is 7.92. The van der Waals surface area contributed by atoms with Gasteiger partial charge in [-0.1, -0.05) is 31.9 Å². The van der Waals surface area contributed by atoms with Crippen LogP contribution in [0.2, 0.25) is 0 Å². The van der Waals surface area contributed by atoms with Crippen molar-refractivity contribution < 1.29 is 14.0 Å². The van der Waals surface area contributed by atoms with Gasteiger partial charge in [-0.15, -0.1) is 11.3 Å². The van der Waals surface area contributed by atoms with Gasteiger partial charge < -0.3 is 5.32 Å². The third-order valence-corrected chi connectivity index (χ3v) is 6.04. The van der Waals surface area contributed by atoms with Crippen LogP contribution in [0, 0.1) is 23.1 Å². The van der Waals surface area contributed by atoms with Crippen LogP contribution in [-0.4, -0.2) is 22.8 Å². The van der Waals surface area contributed by atoms with Crippen LogP contribution in [0.3, 0.4) is 0 Å². The Balaban J connectivity index is 1.82. The number of carbonyl (C=O) groups excluding carboxylic acids is 2. The molecule has 1 aromatic heterocycles. The normalized spacial score (nSPS) is 19.1. The number of hydrogen-bond donors (Lipinski definition) is 1. The molecule has 1 fully saturated rings. The largest absolute Gasteiger partial charge is 0.348 e. The Morgan fingerprint density at radius 2 is 2.07 bits per heavy atom. The highest BCUT2D eigenvalue weighted by Gasteiger charge is 2.25. The maximum atomic E-state index is 14.2. The molecule has 0 radical (unpaired) electrons.